The molecule has 0 saturated heterocycles. The van der Waals surface area contributed by atoms with Crippen LogP contribution in [0.5, 0.6) is 5.75 Å². The Kier molecular flexibility index (Phi) is 8.54. The predicted molar refractivity (Wildman–Crippen MR) is 167 cm³/mol. The van der Waals surface area contributed by atoms with Crippen molar-refractivity contribution < 1.29 is 19.1 Å². The number of nitrogens with zero attached hydrogens (tertiary/aromatic N) is 1. The lowest BCUT2D eigenvalue weighted by atomic mass is 9.79. The van der Waals surface area contributed by atoms with E-state index < -0.39 is 5.54 Å². The molecule has 1 aromatic heterocycles. The van der Waals surface area contributed by atoms with Crippen LogP contribution in [0.3, 0.4) is 0 Å². The molecule has 2 N–H and O–H groups in total. The number of benzene rings is 1. The van der Waals surface area contributed by atoms with E-state index in [0.29, 0.717) is 18.0 Å². The largest absolute Gasteiger partial charge is 0.493 e. The van der Waals surface area contributed by atoms with E-state index >= 15 is 0 Å². The van der Waals surface area contributed by atoms with Crippen molar-refractivity contribution in [3.63, 3.8) is 0 Å². The Morgan fingerprint density at radius 1 is 1.05 bits per heavy atom. The van der Waals surface area contributed by atoms with E-state index in [0.717, 1.165) is 36.7 Å². The smallest absolute Gasteiger partial charge is 0.253 e. The molecule has 0 atom stereocenters. The van der Waals surface area contributed by atoms with Crippen molar-refractivity contribution in [3.05, 3.63) is 40.6 Å². The third kappa shape index (κ3) is 6.41. The topological polar surface area (TPSA) is 81.6 Å². The third-order valence-electron chi connectivity index (χ3n) is 9.67. The van der Waals surface area contributed by atoms with E-state index in [1.54, 1.807) is 0 Å². The van der Waals surface area contributed by atoms with Gasteiger partial charge in [0.05, 0.1) is 17.7 Å². The Bertz CT molecular complexity index is 1310. The molecule has 2 amide bonds. The number of hydrogen-bond acceptors (Lipinski definition) is 4. The number of fused-ring (bicyclic) bond motifs is 2. The number of ether oxygens (including phenoxy) is 2. The number of carbonyl (C=O) groups is 2. The zero-order valence-electron chi connectivity index (χ0n) is 26.9. The van der Waals surface area contributed by atoms with Crippen molar-refractivity contribution in [2.24, 2.45) is 5.92 Å². The fourth-order valence-electron chi connectivity index (χ4n) is 7.00. The van der Waals surface area contributed by atoms with Gasteiger partial charge in [-0.25, -0.2) is 0 Å². The van der Waals surface area contributed by atoms with Gasteiger partial charge in [-0.1, -0.05) is 40.0 Å². The molecule has 42 heavy (non-hydrogen) atoms. The van der Waals surface area contributed by atoms with Crippen LogP contribution in [0.4, 0.5) is 0 Å². The minimum absolute atomic E-state index is 0.00643. The average molecular weight is 578 g/mol. The van der Waals surface area contributed by atoms with Crippen LogP contribution in [-0.2, 0) is 26.9 Å². The van der Waals surface area contributed by atoms with E-state index in [-0.39, 0.29) is 29.3 Å². The van der Waals surface area contributed by atoms with Crippen LogP contribution in [0.25, 0.3) is 11.3 Å². The first-order valence-electron chi connectivity index (χ1n) is 15.9. The molecule has 230 valence electrons. The van der Waals surface area contributed by atoms with E-state index in [2.05, 4.69) is 61.1 Å². The molecule has 2 fully saturated rings. The van der Waals surface area contributed by atoms with Crippen molar-refractivity contribution >= 4 is 11.8 Å². The molecule has 5 rings (SSSR count). The van der Waals surface area contributed by atoms with Crippen molar-refractivity contribution in [2.75, 3.05) is 26.9 Å². The first-order chi connectivity index (χ1) is 19.8. The maximum absolute atomic E-state index is 13.7. The summed E-state index contributed by atoms with van der Waals surface area (Å²) in [5.41, 5.74) is 6.19. The molecule has 2 saturated carbocycles. The van der Waals surface area contributed by atoms with Crippen LogP contribution in [0, 0.1) is 12.8 Å². The molecule has 3 aliphatic rings. The summed E-state index contributed by atoms with van der Waals surface area (Å²) in [6.07, 6.45) is 9.89. The fourth-order valence-corrected chi connectivity index (χ4v) is 7.00. The molecule has 1 spiro atoms. The first kappa shape index (κ1) is 30.7. The summed E-state index contributed by atoms with van der Waals surface area (Å²) in [7, 11) is 1.50. The van der Waals surface area contributed by atoms with Gasteiger partial charge >= 0.3 is 0 Å². The maximum atomic E-state index is 13.7. The van der Waals surface area contributed by atoms with Gasteiger partial charge in [0.2, 0.25) is 5.91 Å². The number of methoxy groups -OCH3 is 1. The Labute approximate surface area is 252 Å². The number of aromatic nitrogens is 1. The highest BCUT2D eigenvalue weighted by Gasteiger charge is 2.49. The number of amides is 2. The highest BCUT2D eigenvalue weighted by Crippen LogP contribution is 2.58. The van der Waals surface area contributed by atoms with Crippen molar-refractivity contribution in [1.29, 1.82) is 0 Å². The van der Waals surface area contributed by atoms with Gasteiger partial charge in [0.25, 0.3) is 5.91 Å². The summed E-state index contributed by atoms with van der Waals surface area (Å²) in [5.74, 6) is 1.40. The second-order valence-corrected chi connectivity index (χ2v) is 14.7. The highest BCUT2D eigenvalue weighted by atomic mass is 16.5. The molecular formula is C35H51N3O4. The molecular weight excluding hydrogens is 526 g/mol. The molecule has 2 aliphatic carbocycles. The third-order valence-corrected chi connectivity index (χ3v) is 9.67. The molecule has 1 aromatic carbocycles. The van der Waals surface area contributed by atoms with Crippen LogP contribution in [-0.4, -0.2) is 48.8 Å². The standard InChI is InChI=1S/C35H51N3O4/c1-23-26(32(40)36-22-34(5,6)37-30(39)21-41-7)19-29(38(23)20-24-11-9-8-10-12-24)25-17-27(33(2,3)4)31-28(18-25)35(13-14-35)15-16-42-31/h17-19,24H,8-16,20-22H2,1-7H3,(H,36,40)(H,37,39). The molecule has 7 nitrogen and oxygen atoms in total. The van der Waals surface area contributed by atoms with E-state index in [1.807, 2.05) is 13.8 Å². The normalized spacial score (nSPS) is 18.4. The highest BCUT2D eigenvalue weighted by molar-refractivity contribution is 5.97. The summed E-state index contributed by atoms with van der Waals surface area (Å²) >= 11 is 0. The molecule has 2 heterocycles. The minimum Gasteiger partial charge on any atom is -0.493 e. The van der Waals surface area contributed by atoms with Gasteiger partial charge in [-0.2, -0.15) is 0 Å². The lowest BCUT2D eigenvalue weighted by Crippen LogP contribution is -2.52. The molecule has 2 aromatic rings. The Morgan fingerprint density at radius 3 is 2.40 bits per heavy atom. The SMILES string of the molecule is COCC(=O)NC(C)(C)CNC(=O)c1cc(-c2cc(C(C)(C)C)c3c(c2)C2(CCO3)CC2)n(CC2CCCCC2)c1C. The molecule has 0 bridgehead atoms. The number of rotatable bonds is 9. The Hall–Kier alpha value is -2.80. The van der Waals surface area contributed by atoms with E-state index in [4.69, 9.17) is 9.47 Å². The maximum Gasteiger partial charge on any atom is 0.253 e. The molecule has 0 radical (unpaired) electrons. The summed E-state index contributed by atoms with van der Waals surface area (Å²) in [6, 6.07) is 6.79. The van der Waals surface area contributed by atoms with Crippen LogP contribution in [0.1, 0.15) is 113 Å². The summed E-state index contributed by atoms with van der Waals surface area (Å²) in [6.45, 7) is 14.7. The van der Waals surface area contributed by atoms with Crippen LogP contribution in [0.2, 0.25) is 0 Å². The van der Waals surface area contributed by atoms with Gasteiger partial charge in [-0.15, -0.1) is 0 Å². The van der Waals surface area contributed by atoms with Crippen molar-refractivity contribution in [2.45, 2.75) is 116 Å². The van der Waals surface area contributed by atoms with Crippen molar-refractivity contribution in [1.82, 2.24) is 15.2 Å². The van der Waals surface area contributed by atoms with Crippen LogP contribution < -0.4 is 15.4 Å². The number of carbonyl (C=O) groups excluding carboxylic acids is 2. The van der Waals surface area contributed by atoms with Crippen molar-refractivity contribution in [3.8, 4) is 17.0 Å². The zero-order valence-corrected chi connectivity index (χ0v) is 26.9. The molecule has 1 aliphatic heterocycles. The minimum atomic E-state index is -0.606. The average Bonchev–Trinajstić information content (AvgIpc) is 3.63. The Morgan fingerprint density at radius 2 is 1.76 bits per heavy atom. The summed E-state index contributed by atoms with van der Waals surface area (Å²) in [4.78, 5) is 25.8. The Balaban J connectivity index is 1.52. The quantitative estimate of drug-likeness (QED) is 0.360. The first-order valence-corrected chi connectivity index (χ1v) is 15.9. The number of nitrogens with one attached hydrogen (secondary N) is 2. The predicted octanol–water partition coefficient (Wildman–Crippen LogP) is 6.43. The lowest BCUT2D eigenvalue weighted by Gasteiger charge is -2.33. The zero-order chi connectivity index (χ0) is 30.3. The number of hydrogen-bond donors (Lipinski definition) is 2. The van der Waals surface area contributed by atoms with Gasteiger partial charge < -0.3 is 24.7 Å². The molecule has 0 unspecified atom stereocenters. The van der Waals surface area contributed by atoms with Gasteiger partial charge in [0.1, 0.15) is 12.4 Å². The van der Waals surface area contributed by atoms with Gasteiger partial charge in [-0.05, 0) is 88.0 Å². The second-order valence-electron chi connectivity index (χ2n) is 14.7. The van der Waals surface area contributed by atoms with Crippen LogP contribution in [0.15, 0.2) is 18.2 Å². The van der Waals surface area contributed by atoms with Gasteiger partial charge in [0, 0.05) is 48.1 Å². The summed E-state index contributed by atoms with van der Waals surface area (Å²) < 4.78 is 13.7. The van der Waals surface area contributed by atoms with Gasteiger partial charge in [0.15, 0.2) is 0 Å². The lowest BCUT2D eigenvalue weighted by molar-refractivity contribution is -0.126. The van der Waals surface area contributed by atoms with E-state index in [9.17, 15) is 9.59 Å². The summed E-state index contributed by atoms with van der Waals surface area (Å²) in [5, 5.41) is 6.05. The monoisotopic (exact) mass is 577 g/mol. The second kappa shape index (κ2) is 11.7. The van der Waals surface area contributed by atoms with Gasteiger partial charge in [-0.3, -0.25) is 9.59 Å². The van der Waals surface area contributed by atoms with Crippen LogP contribution >= 0.6 is 0 Å². The molecule has 7 heteroatoms. The van der Waals surface area contributed by atoms with E-state index in [1.165, 1.54) is 68.7 Å². The fraction of sp³-hybridized carbons (Fsp3) is 0.657.